The normalized spacial score (nSPS) is 19.1. The smallest absolute Gasteiger partial charge is 0.415 e. The second-order valence-electron chi connectivity index (χ2n) is 3.95. The average Bonchev–Trinajstić information content (AvgIpc) is 2.79. The van der Waals surface area contributed by atoms with Crippen LogP contribution in [0.3, 0.4) is 0 Å². The van der Waals surface area contributed by atoms with Gasteiger partial charge in [0.1, 0.15) is 5.75 Å². The Bertz CT molecular complexity index is 418. The highest BCUT2D eigenvalue weighted by atomic mass is 16.6. The molecule has 0 saturated carbocycles. The number of carbonyl (C=O) groups excluding carboxylic acids is 1. The van der Waals surface area contributed by atoms with Gasteiger partial charge in [-0.1, -0.05) is 18.2 Å². The van der Waals surface area contributed by atoms with Crippen LogP contribution in [0.4, 0.5) is 4.79 Å². The van der Waals surface area contributed by atoms with Gasteiger partial charge in [-0.3, -0.25) is 4.79 Å². The lowest BCUT2D eigenvalue weighted by molar-refractivity contribution is -0.141. The van der Waals surface area contributed by atoms with Crippen LogP contribution in [-0.2, 0) is 4.79 Å². The van der Waals surface area contributed by atoms with Gasteiger partial charge in [-0.25, -0.2) is 4.79 Å². The van der Waals surface area contributed by atoms with Gasteiger partial charge in [-0.05, 0) is 18.6 Å². The first-order chi connectivity index (χ1) is 8.16. The lowest BCUT2D eigenvalue weighted by Gasteiger charge is -2.15. The van der Waals surface area contributed by atoms with Crippen molar-refractivity contribution in [1.82, 2.24) is 4.90 Å². The molecule has 5 nitrogen and oxygen atoms in total. The molecule has 90 valence electrons. The monoisotopic (exact) mass is 235 g/mol. The fourth-order valence-electron chi connectivity index (χ4n) is 1.78. The standard InChI is InChI=1S/C12H13NO4/c14-11(15)9-6-7-13(8-9)12(16)17-10-4-2-1-3-5-10/h1-5,9H,6-8H2,(H,14,15). The highest BCUT2D eigenvalue weighted by molar-refractivity contribution is 5.75. The highest BCUT2D eigenvalue weighted by Gasteiger charge is 2.31. The third-order valence-corrected chi connectivity index (χ3v) is 2.74. The van der Waals surface area contributed by atoms with E-state index in [4.69, 9.17) is 9.84 Å². The molecule has 0 spiro atoms. The molecule has 1 atom stereocenters. The van der Waals surface area contributed by atoms with Crippen molar-refractivity contribution in [2.45, 2.75) is 6.42 Å². The maximum atomic E-state index is 11.7. The molecule has 1 aromatic rings. The molecule has 0 aromatic heterocycles. The van der Waals surface area contributed by atoms with Gasteiger partial charge < -0.3 is 14.7 Å². The van der Waals surface area contributed by atoms with Crippen LogP contribution in [0.2, 0.25) is 0 Å². The lowest BCUT2D eigenvalue weighted by Crippen LogP contribution is -2.32. The number of aliphatic carboxylic acids is 1. The molecule has 1 aliphatic heterocycles. The van der Waals surface area contributed by atoms with Crippen molar-refractivity contribution in [2.75, 3.05) is 13.1 Å². The van der Waals surface area contributed by atoms with Crippen molar-refractivity contribution >= 4 is 12.1 Å². The van der Waals surface area contributed by atoms with Crippen molar-refractivity contribution in [3.05, 3.63) is 30.3 Å². The zero-order chi connectivity index (χ0) is 12.3. The Labute approximate surface area is 98.6 Å². The van der Waals surface area contributed by atoms with E-state index in [1.165, 1.54) is 4.90 Å². The summed E-state index contributed by atoms with van der Waals surface area (Å²) in [6.07, 6.45) is -0.000817. The van der Waals surface area contributed by atoms with Gasteiger partial charge in [-0.15, -0.1) is 0 Å². The summed E-state index contributed by atoms with van der Waals surface area (Å²) in [6, 6.07) is 8.73. The van der Waals surface area contributed by atoms with Crippen molar-refractivity contribution in [3.8, 4) is 5.75 Å². The molecule has 1 unspecified atom stereocenters. The van der Waals surface area contributed by atoms with E-state index in [0.717, 1.165) is 0 Å². The number of hydrogen-bond acceptors (Lipinski definition) is 3. The van der Waals surface area contributed by atoms with Crippen LogP contribution < -0.4 is 4.74 Å². The van der Waals surface area contributed by atoms with E-state index >= 15 is 0 Å². The van der Waals surface area contributed by atoms with Crippen molar-refractivity contribution in [3.63, 3.8) is 0 Å². The second-order valence-corrected chi connectivity index (χ2v) is 3.95. The van der Waals surface area contributed by atoms with E-state index in [1.807, 2.05) is 6.07 Å². The maximum absolute atomic E-state index is 11.7. The van der Waals surface area contributed by atoms with E-state index in [-0.39, 0.29) is 6.54 Å². The van der Waals surface area contributed by atoms with Gasteiger partial charge >= 0.3 is 12.1 Å². The van der Waals surface area contributed by atoms with Crippen LogP contribution in [-0.4, -0.2) is 35.2 Å². The van der Waals surface area contributed by atoms with E-state index in [2.05, 4.69) is 0 Å². The van der Waals surface area contributed by atoms with E-state index in [1.54, 1.807) is 24.3 Å². The average molecular weight is 235 g/mol. The number of carboxylic acids is 1. The number of benzene rings is 1. The largest absolute Gasteiger partial charge is 0.481 e. The molecule has 1 aliphatic rings. The Balaban J connectivity index is 1.92. The molecule has 1 N–H and O–H groups in total. The molecule has 5 heteroatoms. The SMILES string of the molecule is O=C(O)C1CCN(C(=O)Oc2ccccc2)C1. The van der Waals surface area contributed by atoms with Crippen molar-refractivity contribution in [1.29, 1.82) is 0 Å². The molecule has 1 fully saturated rings. The first-order valence-electron chi connectivity index (χ1n) is 5.41. The van der Waals surface area contributed by atoms with Crippen LogP contribution in [0, 0.1) is 5.92 Å². The fraction of sp³-hybridized carbons (Fsp3) is 0.333. The Morgan fingerprint density at radius 1 is 1.29 bits per heavy atom. The summed E-state index contributed by atoms with van der Waals surface area (Å²) in [5, 5.41) is 8.82. The summed E-state index contributed by atoms with van der Waals surface area (Å²) in [5.74, 6) is -0.866. The zero-order valence-electron chi connectivity index (χ0n) is 9.20. The molecule has 0 aliphatic carbocycles. The fourth-order valence-corrected chi connectivity index (χ4v) is 1.78. The number of carboxylic acid groups (broad SMARTS) is 1. The van der Waals surface area contributed by atoms with E-state index < -0.39 is 18.0 Å². The van der Waals surface area contributed by atoms with Crippen LogP contribution >= 0.6 is 0 Å². The second kappa shape index (κ2) is 4.86. The summed E-state index contributed by atoms with van der Waals surface area (Å²) >= 11 is 0. The molecule has 1 aromatic carbocycles. The molecular weight excluding hydrogens is 222 g/mol. The zero-order valence-corrected chi connectivity index (χ0v) is 9.20. The molecule has 0 radical (unpaired) electrons. The quantitative estimate of drug-likeness (QED) is 0.845. The first-order valence-corrected chi connectivity index (χ1v) is 5.41. The summed E-state index contributed by atoms with van der Waals surface area (Å²) < 4.78 is 5.12. The van der Waals surface area contributed by atoms with Gasteiger partial charge in [0.15, 0.2) is 0 Å². The maximum Gasteiger partial charge on any atom is 0.415 e. The minimum Gasteiger partial charge on any atom is -0.481 e. The van der Waals surface area contributed by atoms with Crippen molar-refractivity contribution < 1.29 is 19.4 Å². The predicted molar refractivity (Wildman–Crippen MR) is 59.8 cm³/mol. The van der Waals surface area contributed by atoms with Crippen LogP contribution in [0.5, 0.6) is 5.75 Å². The number of ether oxygens (including phenoxy) is 1. The molecule has 1 saturated heterocycles. The molecule has 1 heterocycles. The number of amides is 1. The molecule has 2 rings (SSSR count). The van der Waals surface area contributed by atoms with Gasteiger partial charge in [0.25, 0.3) is 0 Å². The summed E-state index contributed by atoms with van der Waals surface area (Å²) in [4.78, 5) is 23.9. The Morgan fingerprint density at radius 2 is 2.00 bits per heavy atom. The van der Waals surface area contributed by atoms with Gasteiger partial charge in [-0.2, -0.15) is 0 Å². The first kappa shape index (κ1) is 11.4. The summed E-state index contributed by atoms with van der Waals surface area (Å²) in [6.45, 7) is 0.656. The molecule has 1 amide bonds. The van der Waals surface area contributed by atoms with Crippen LogP contribution in [0.1, 0.15) is 6.42 Å². The van der Waals surface area contributed by atoms with Gasteiger partial charge in [0.05, 0.1) is 5.92 Å². The third kappa shape index (κ3) is 2.75. The molecule has 17 heavy (non-hydrogen) atoms. The highest BCUT2D eigenvalue weighted by Crippen LogP contribution is 2.18. The van der Waals surface area contributed by atoms with Crippen LogP contribution in [0.25, 0.3) is 0 Å². The number of rotatable bonds is 2. The number of carbonyl (C=O) groups is 2. The van der Waals surface area contributed by atoms with Gasteiger partial charge in [0, 0.05) is 13.1 Å². The Kier molecular flexibility index (Phi) is 3.27. The van der Waals surface area contributed by atoms with E-state index in [0.29, 0.717) is 18.7 Å². The third-order valence-electron chi connectivity index (χ3n) is 2.74. The minimum atomic E-state index is -0.861. The number of nitrogens with zero attached hydrogens (tertiary/aromatic N) is 1. The summed E-state index contributed by atoms with van der Waals surface area (Å²) in [7, 11) is 0. The predicted octanol–water partition coefficient (Wildman–Crippen LogP) is 1.59. The molecule has 0 bridgehead atoms. The Morgan fingerprint density at radius 3 is 2.59 bits per heavy atom. The summed E-state index contributed by atoms with van der Waals surface area (Å²) in [5.41, 5.74) is 0. The van der Waals surface area contributed by atoms with Crippen LogP contribution in [0.15, 0.2) is 30.3 Å². The lowest BCUT2D eigenvalue weighted by atomic mass is 10.1. The number of likely N-dealkylation sites (tertiary alicyclic amines) is 1. The molecular formula is C12H13NO4. The topological polar surface area (TPSA) is 66.8 Å². The van der Waals surface area contributed by atoms with E-state index in [9.17, 15) is 9.59 Å². The van der Waals surface area contributed by atoms with Gasteiger partial charge in [0.2, 0.25) is 0 Å². The van der Waals surface area contributed by atoms with Crippen molar-refractivity contribution in [2.24, 2.45) is 5.92 Å². The number of hydrogen-bond donors (Lipinski definition) is 1. The Hall–Kier alpha value is -2.04. The minimum absolute atomic E-state index is 0.223. The number of para-hydroxylation sites is 1.